The topological polar surface area (TPSA) is 105 Å². The van der Waals surface area contributed by atoms with Gasteiger partial charge in [0.2, 0.25) is 11.8 Å². The molecule has 4 aromatic carbocycles. The Morgan fingerprint density at radius 1 is 0.833 bits per heavy atom. The molecule has 1 atom stereocenters. The van der Waals surface area contributed by atoms with Crippen LogP contribution in [0.15, 0.2) is 108 Å². The first-order chi connectivity index (χ1) is 23.2. The third-order valence-corrected chi connectivity index (χ3v) is 10.6. The van der Waals surface area contributed by atoms with E-state index in [-0.39, 0.29) is 35.6 Å². The van der Waals surface area contributed by atoms with Crippen LogP contribution in [0.4, 0.5) is 5.69 Å². The molecule has 1 N–H and O–H groups in total. The third kappa shape index (κ3) is 8.17. The quantitative estimate of drug-likeness (QED) is 0.179. The van der Waals surface area contributed by atoms with Gasteiger partial charge in [-0.3, -0.25) is 13.9 Å². The maximum atomic E-state index is 14.7. The average Bonchev–Trinajstić information content (AvgIpc) is 3.62. The molecule has 9 nitrogen and oxygen atoms in total. The molecule has 2 amide bonds. The summed E-state index contributed by atoms with van der Waals surface area (Å²) in [6.45, 7) is 1.55. The zero-order chi connectivity index (χ0) is 34.1. The number of hydrogen-bond donors (Lipinski definition) is 1. The molecule has 4 aromatic rings. The van der Waals surface area contributed by atoms with Crippen molar-refractivity contribution in [3.63, 3.8) is 0 Å². The van der Waals surface area contributed by atoms with E-state index in [9.17, 15) is 18.0 Å². The highest BCUT2D eigenvalue weighted by molar-refractivity contribution is 7.92. The fourth-order valence-electron chi connectivity index (χ4n) is 6.12. The second kappa shape index (κ2) is 15.8. The van der Waals surface area contributed by atoms with Crippen molar-refractivity contribution >= 4 is 27.5 Å². The Morgan fingerprint density at radius 2 is 1.46 bits per heavy atom. The number of nitrogens with one attached hydrogen (secondary N) is 1. The number of nitrogens with zero attached hydrogens (tertiary/aromatic N) is 2. The summed E-state index contributed by atoms with van der Waals surface area (Å²) < 4.78 is 40.6. The van der Waals surface area contributed by atoms with Crippen LogP contribution in [0.2, 0.25) is 0 Å². The fraction of sp³-hybridized carbons (Fsp3) is 0.316. The van der Waals surface area contributed by atoms with Gasteiger partial charge in [-0.05, 0) is 60.7 Å². The molecule has 252 valence electrons. The van der Waals surface area contributed by atoms with Gasteiger partial charge in [0.05, 0.1) is 24.8 Å². The third-order valence-electron chi connectivity index (χ3n) is 8.84. The van der Waals surface area contributed by atoms with Gasteiger partial charge in [-0.15, -0.1) is 0 Å². The molecule has 0 radical (unpaired) electrons. The normalized spacial score (nSPS) is 13.8. The lowest BCUT2D eigenvalue weighted by atomic mass is 10.0. The van der Waals surface area contributed by atoms with Gasteiger partial charge in [-0.1, -0.05) is 85.6 Å². The molecule has 10 heteroatoms. The molecule has 1 fully saturated rings. The number of para-hydroxylation sites is 1. The molecule has 0 spiro atoms. The van der Waals surface area contributed by atoms with E-state index in [0.717, 1.165) is 46.7 Å². The van der Waals surface area contributed by atoms with Crippen molar-refractivity contribution in [3.05, 3.63) is 120 Å². The van der Waals surface area contributed by atoms with Crippen LogP contribution in [0.1, 0.15) is 42.4 Å². The van der Waals surface area contributed by atoms with Crippen LogP contribution >= 0.6 is 0 Å². The van der Waals surface area contributed by atoms with Crippen molar-refractivity contribution in [1.29, 1.82) is 0 Å². The van der Waals surface area contributed by atoms with E-state index in [4.69, 9.17) is 9.47 Å². The minimum atomic E-state index is -4.30. The highest BCUT2D eigenvalue weighted by atomic mass is 32.2. The summed E-state index contributed by atoms with van der Waals surface area (Å²) in [5, 5.41) is 3.21. The van der Waals surface area contributed by atoms with E-state index in [0.29, 0.717) is 11.4 Å². The number of aryl methyl sites for hydroxylation is 1. The second-order valence-corrected chi connectivity index (χ2v) is 13.9. The summed E-state index contributed by atoms with van der Waals surface area (Å²) in [5.41, 5.74) is 3.03. The largest absolute Gasteiger partial charge is 0.493 e. The molecule has 0 bridgehead atoms. The smallest absolute Gasteiger partial charge is 0.264 e. The molecule has 1 saturated carbocycles. The number of ether oxygens (including phenoxy) is 2. The van der Waals surface area contributed by atoms with Gasteiger partial charge in [0, 0.05) is 25.1 Å². The Morgan fingerprint density at radius 3 is 2.10 bits per heavy atom. The number of anilines is 1. The summed E-state index contributed by atoms with van der Waals surface area (Å²) in [6, 6.07) is 29.3. The maximum Gasteiger partial charge on any atom is 0.264 e. The Bertz CT molecular complexity index is 1790. The predicted octanol–water partition coefficient (Wildman–Crippen LogP) is 5.91. The molecule has 0 heterocycles. The van der Waals surface area contributed by atoms with Gasteiger partial charge in [0.15, 0.2) is 11.5 Å². The van der Waals surface area contributed by atoms with Gasteiger partial charge in [-0.2, -0.15) is 0 Å². The Hall–Kier alpha value is -4.83. The molecular weight excluding hydrogens is 627 g/mol. The molecule has 5 rings (SSSR count). The number of carbonyl (C=O) groups is 2. The second-order valence-electron chi connectivity index (χ2n) is 12.0. The van der Waals surface area contributed by atoms with Gasteiger partial charge in [-0.25, -0.2) is 8.42 Å². The predicted molar refractivity (Wildman–Crippen MR) is 187 cm³/mol. The van der Waals surface area contributed by atoms with Gasteiger partial charge >= 0.3 is 0 Å². The minimum absolute atomic E-state index is 0.0393. The highest BCUT2D eigenvalue weighted by Gasteiger charge is 2.36. The molecule has 48 heavy (non-hydrogen) atoms. The van der Waals surface area contributed by atoms with Crippen LogP contribution in [-0.4, -0.2) is 58.0 Å². The van der Waals surface area contributed by atoms with Crippen molar-refractivity contribution in [2.24, 2.45) is 0 Å². The monoisotopic (exact) mass is 669 g/mol. The summed E-state index contributed by atoms with van der Waals surface area (Å²) in [5.74, 6) is -0.138. The van der Waals surface area contributed by atoms with Crippen molar-refractivity contribution in [3.8, 4) is 11.5 Å². The first kappa shape index (κ1) is 34.5. The van der Waals surface area contributed by atoms with E-state index >= 15 is 0 Å². The zero-order valence-corrected chi connectivity index (χ0v) is 28.5. The SMILES string of the molecule is COc1ccc(S(=O)(=O)N(CC(=O)N(Cc2ccccc2C)[C@@H](Cc2ccccc2)C(=O)NC2CCCC2)c2ccccc2)cc1OC. The van der Waals surface area contributed by atoms with Gasteiger partial charge in [0.1, 0.15) is 12.6 Å². The fourth-order valence-corrected chi connectivity index (χ4v) is 7.55. The zero-order valence-electron chi connectivity index (χ0n) is 27.7. The van der Waals surface area contributed by atoms with Crippen molar-refractivity contribution in [1.82, 2.24) is 10.2 Å². The number of carbonyl (C=O) groups excluding carboxylic acids is 2. The lowest BCUT2D eigenvalue weighted by Crippen LogP contribution is -2.54. The summed E-state index contributed by atoms with van der Waals surface area (Å²) in [7, 11) is -1.39. The first-order valence-electron chi connectivity index (χ1n) is 16.2. The van der Waals surface area contributed by atoms with Crippen LogP contribution in [0, 0.1) is 6.92 Å². The summed E-state index contributed by atoms with van der Waals surface area (Å²) >= 11 is 0. The maximum absolute atomic E-state index is 14.7. The van der Waals surface area contributed by atoms with E-state index in [1.165, 1.54) is 32.4 Å². The molecule has 1 aliphatic rings. The highest BCUT2D eigenvalue weighted by Crippen LogP contribution is 2.32. The van der Waals surface area contributed by atoms with Crippen LogP contribution in [-0.2, 0) is 32.6 Å². The molecule has 0 aliphatic heterocycles. The Labute approximate surface area is 283 Å². The Kier molecular flexibility index (Phi) is 11.4. The number of hydrogen-bond acceptors (Lipinski definition) is 6. The van der Waals surface area contributed by atoms with Crippen LogP contribution in [0.5, 0.6) is 11.5 Å². The minimum Gasteiger partial charge on any atom is -0.493 e. The van der Waals surface area contributed by atoms with Crippen LogP contribution in [0.25, 0.3) is 0 Å². The molecule has 0 saturated heterocycles. The molecular formula is C38H43N3O6S. The number of rotatable bonds is 14. The summed E-state index contributed by atoms with van der Waals surface area (Å²) in [6.07, 6.45) is 4.13. The van der Waals surface area contributed by atoms with E-state index in [1.54, 1.807) is 35.2 Å². The number of amides is 2. The Balaban J connectivity index is 1.57. The lowest BCUT2D eigenvalue weighted by Gasteiger charge is -2.34. The first-order valence-corrected chi connectivity index (χ1v) is 17.6. The number of benzene rings is 4. The van der Waals surface area contributed by atoms with Crippen molar-refractivity contribution < 1.29 is 27.5 Å². The van der Waals surface area contributed by atoms with Crippen LogP contribution in [0.3, 0.4) is 0 Å². The van der Waals surface area contributed by atoms with Gasteiger partial charge in [0.25, 0.3) is 10.0 Å². The average molecular weight is 670 g/mol. The van der Waals surface area contributed by atoms with E-state index < -0.39 is 28.5 Å². The van der Waals surface area contributed by atoms with Crippen molar-refractivity contribution in [2.75, 3.05) is 25.1 Å². The standard InChI is InChI=1S/C38H43N3O6S/c1-28-14-10-11-17-30(28)26-40(34(24-29-15-6-4-7-16-29)38(43)39-31-18-12-13-19-31)37(42)27-41(32-20-8-5-9-21-32)48(44,45)33-22-23-35(46-2)36(25-33)47-3/h4-11,14-17,20-23,25,31,34H,12-13,18-19,24,26-27H2,1-3H3,(H,39,43)/t34-/m0/s1. The summed E-state index contributed by atoms with van der Waals surface area (Å²) in [4.78, 5) is 30.4. The molecule has 0 unspecified atom stereocenters. The van der Waals surface area contributed by atoms with Crippen LogP contribution < -0.4 is 19.1 Å². The molecule has 1 aliphatic carbocycles. The van der Waals surface area contributed by atoms with E-state index in [1.807, 2.05) is 61.5 Å². The van der Waals surface area contributed by atoms with Gasteiger partial charge < -0.3 is 19.7 Å². The number of methoxy groups -OCH3 is 2. The van der Waals surface area contributed by atoms with Crippen molar-refractivity contribution in [2.45, 2.75) is 62.6 Å². The molecule has 0 aromatic heterocycles. The number of sulfonamides is 1. The lowest BCUT2D eigenvalue weighted by molar-refractivity contribution is -0.140. The van der Waals surface area contributed by atoms with E-state index in [2.05, 4.69) is 5.32 Å².